The van der Waals surface area contributed by atoms with Crippen LogP contribution in [0.5, 0.6) is 5.75 Å². The molecule has 2 aromatic carbocycles. The minimum atomic E-state index is 0.226. The van der Waals surface area contributed by atoms with Crippen LogP contribution in [0.15, 0.2) is 72.4 Å². The second kappa shape index (κ2) is 6.75. The Morgan fingerprint density at radius 3 is 2.83 bits per heavy atom. The molecule has 4 nitrogen and oxygen atoms in total. The van der Waals surface area contributed by atoms with Crippen LogP contribution in [0, 0.1) is 0 Å². The highest BCUT2D eigenvalue weighted by Crippen LogP contribution is 2.21. The van der Waals surface area contributed by atoms with E-state index in [4.69, 9.17) is 0 Å². The summed E-state index contributed by atoms with van der Waals surface area (Å²) in [5.41, 5.74) is 5.27. The average molecular weight is 303 g/mol. The van der Waals surface area contributed by atoms with Crippen LogP contribution in [-0.2, 0) is 6.42 Å². The van der Waals surface area contributed by atoms with Gasteiger partial charge >= 0.3 is 0 Å². The van der Waals surface area contributed by atoms with Gasteiger partial charge in [0, 0.05) is 10.9 Å². The maximum absolute atomic E-state index is 10.2. The number of allylic oxidation sites excluding steroid dienone is 1. The Balaban J connectivity index is 1.77. The summed E-state index contributed by atoms with van der Waals surface area (Å²) in [5, 5.41) is 15.4. The third-order valence-electron chi connectivity index (χ3n) is 3.50. The van der Waals surface area contributed by atoms with Gasteiger partial charge in [-0.2, -0.15) is 5.10 Å². The lowest BCUT2D eigenvalue weighted by Gasteiger charge is -2.05. The highest BCUT2D eigenvalue weighted by Gasteiger charge is 2.03. The lowest BCUT2D eigenvalue weighted by Crippen LogP contribution is -1.95. The highest BCUT2D eigenvalue weighted by atomic mass is 16.3. The fraction of sp³-hybridized carbons (Fsp3) is 0.0526. The number of hydrogen-bond acceptors (Lipinski definition) is 4. The Kier molecular flexibility index (Phi) is 4.34. The van der Waals surface area contributed by atoms with Gasteiger partial charge in [0.25, 0.3) is 0 Å². The molecule has 114 valence electrons. The van der Waals surface area contributed by atoms with E-state index in [1.165, 1.54) is 0 Å². The minimum absolute atomic E-state index is 0.226. The third kappa shape index (κ3) is 3.37. The van der Waals surface area contributed by atoms with E-state index in [0.717, 1.165) is 16.5 Å². The van der Waals surface area contributed by atoms with E-state index in [-0.39, 0.29) is 5.75 Å². The summed E-state index contributed by atoms with van der Waals surface area (Å²) in [7, 11) is 0. The standard InChI is InChI=1S/C19H17N3O/c1-2-6-15-8-5-9-16(19(15)23)13-20-22-18-12-11-14-7-3-4-10-17(14)21-18/h2-5,7-13,23H,1,6H2,(H,21,22)/b20-13+. The molecule has 3 rings (SSSR count). The number of aromatic nitrogens is 1. The predicted octanol–water partition coefficient (Wildman–Crippen LogP) is 4.11. The van der Waals surface area contributed by atoms with E-state index in [1.807, 2.05) is 48.5 Å². The number of benzene rings is 2. The van der Waals surface area contributed by atoms with Gasteiger partial charge in [-0.15, -0.1) is 6.58 Å². The number of pyridine rings is 1. The number of rotatable bonds is 5. The zero-order valence-corrected chi connectivity index (χ0v) is 12.6. The molecule has 0 aliphatic rings. The quantitative estimate of drug-likeness (QED) is 0.423. The molecule has 0 saturated heterocycles. The zero-order valence-electron chi connectivity index (χ0n) is 12.6. The molecule has 23 heavy (non-hydrogen) atoms. The van der Waals surface area contributed by atoms with Crippen molar-refractivity contribution in [1.82, 2.24) is 4.98 Å². The summed E-state index contributed by atoms with van der Waals surface area (Å²) < 4.78 is 0. The van der Waals surface area contributed by atoms with E-state index in [0.29, 0.717) is 17.8 Å². The Labute approximate surface area is 134 Å². The van der Waals surface area contributed by atoms with E-state index in [9.17, 15) is 5.11 Å². The monoisotopic (exact) mass is 303 g/mol. The van der Waals surface area contributed by atoms with Crippen LogP contribution in [0.25, 0.3) is 10.9 Å². The van der Waals surface area contributed by atoms with Crippen molar-refractivity contribution in [2.75, 3.05) is 5.43 Å². The lowest BCUT2D eigenvalue weighted by atomic mass is 10.1. The van der Waals surface area contributed by atoms with Crippen molar-refractivity contribution < 1.29 is 5.11 Å². The lowest BCUT2D eigenvalue weighted by molar-refractivity contribution is 0.469. The molecule has 0 fully saturated rings. The number of hydrogen-bond donors (Lipinski definition) is 2. The first-order valence-electron chi connectivity index (χ1n) is 7.34. The molecule has 0 spiro atoms. The fourth-order valence-corrected chi connectivity index (χ4v) is 2.33. The number of phenols is 1. The van der Waals surface area contributed by atoms with Crippen molar-refractivity contribution in [3.8, 4) is 5.75 Å². The molecular formula is C19H17N3O. The number of phenolic OH excluding ortho intramolecular Hbond substituents is 1. The second-order valence-electron chi connectivity index (χ2n) is 5.11. The van der Waals surface area contributed by atoms with Crippen molar-refractivity contribution in [1.29, 1.82) is 0 Å². The molecule has 0 unspecified atom stereocenters. The highest BCUT2D eigenvalue weighted by molar-refractivity contribution is 5.85. The van der Waals surface area contributed by atoms with Gasteiger partial charge in [0.1, 0.15) is 11.6 Å². The fourth-order valence-electron chi connectivity index (χ4n) is 2.33. The van der Waals surface area contributed by atoms with Gasteiger partial charge in [-0.25, -0.2) is 4.98 Å². The summed E-state index contributed by atoms with van der Waals surface area (Å²) in [4.78, 5) is 4.48. The number of aromatic hydroxyl groups is 1. The smallest absolute Gasteiger partial charge is 0.146 e. The van der Waals surface area contributed by atoms with Crippen LogP contribution < -0.4 is 5.43 Å². The topological polar surface area (TPSA) is 57.5 Å². The number of para-hydroxylation sites is 2. The van der Waals surface area contributed by atoms with E-state index in [1.54, 1.807) is 18.4 Å². The molecule has 0 atom stereocenters. The molecular weight excluding hydrogens is 286 g/mol. The molecule has 3 aromatic rings. The van der Waals surface area contributed by atoms with E-state index < -0.39 is 0 Å². The molecule has 4 heteroatoms. The van der Waals surface area contributed by atoms with Crippen molar-refractivity contribution in [3.05, 3.63) is 78.4 Å². The summed E-state index contributed by atoms with van der Waals surface area (Å²) in [5.74, 6) is 0.881. The number of nitrogens with zero attached hydrogens (tertiary/aromatic N) is 2. The van der Waals surface area contributed by atoms with Gasteiger partial charge in [0.2, 0.25) is 0 Å². The van der Waals surface area contributed by atoms with Crippen LogP contribution in [0.1, 0.15) is 11.1 Å². The van der Waals surface area contributed by atoms with Crippen molar-refractivity contribution in [2.24, 2.45) is 5.10 Å². The molecule has 0 radical (unpaired) electrons. The van der Waals surface area contributed by atoms with Gasteiger partial charge in [0.05, 0.1) is 11.7 Å². The SMILES string of the molecule is C=CCc1cccc(/C=N/Nc2ccc3ccccc3n2)c1O. The molecule has 0 amide bonds. The van der Waals surface area contributed by atoms with Gasteiger partial charge in [-0.1, -0.05) is 36.4 Å². The number of hydrazone groups is 1. The Morgan fingerprint density at radius 1 is 1.09 bits per heavy atom. The summed E-state index contributed by atoms with van der Waals surface area (Å²) in [6.07, 6.45) is 3.96. The van der Waals surface area contributed by atoms with Gasteiger partial charge in [0.15, 0.2) is 0 Å². The molecule has 1 heterocycles. The Bertz CT molecular complexity index is 871. The summed E-state index contributed by atoms with van der Waals surface area (Å²) in [6.45, 7) is 3.69. The first-order chi connectivity index (χ1) is 11.3. The first-order valence-corrected chi connectivity index (χ1v) is 7.34. The van der Waals surface area contributed by atoms with Gasteiger partial charge in [-0.05, 0) is 36.2 Å². The Hall–Kier alpha value is -3.14. The molecule has 0 saturated carbocycles. The second-order valence-corrected chi connectivity index (χ2v) is 5.11. The summed E-state index contributed by atoms with van der Waals surface area (Å²) in [6, 6.07) is 17.3. The van der Waals surface area contributed by atoms with Crippen molar-refractivity contribution >= 4 is 22.9 Å². The van der Waals surface area contributed by atoms with Crippen molar-refractivity contribution in [2.45, 2.75) is 6.42 Å². The maximum atomic E-state index is 10.2. The zero-order chi connectivity index (χ0) is 16.1. The first kappa shape index (κ1) is 14.8. The predicted molar refractivity (Wildman–Crippen MR) is 95.0 cm³/mol. The van der Waals surface area contributed by atoms with Gasteiger partial charge < -0.3 is 5.11 Å². The number of anilines is 1. The average Bonchev–Trinajstić information content (AvgIpc) is 2.58. The van der Waals surface area contributed by atoms with Crippen LogP contribution >= 0.6 is 0 Å². The minimum Gasteiger partial charge on any atom is -0.507 e. The van der Waals surface area contributed by atoms with E-state index in [2.05, 4.69) is 22.1 Å². The molecule has 2 N–H and O–H groups in total. The van der Waals surface area contributed by atoms with Crippen LogP contribution in [0.4, 0.5) is 5.82 Å². The Morgan fingerprint density at radius 2 is 1.96 bits per heavy atom. The van der Waals surface area contributed by atoms with Crippen molar-refractivity contribution in [3.63, 3.8) is 0 Å². The molecule has 0 aliphatic heterocycles. The van der Waals surface area contributed by atoms with Crippen LogP contribution in [-0.4, -0.2) is 16.3 Å². The van der Waals surface area contributed by atoms with Crippen LogP contribution in [0.2, 0.25) is 0 Å². The van der Waals surface area contributed by atoms with Gasteiger partial charge in [-0.3, -0.25) is 5.43 Å². The normalized spacial score (nSPS) is 11.0. The number of nitrogens with one attached hydrogen (secondary N) is 1. The van der Waals surface area contributed by atoms with E-state index >= 15 is 0 Å². The van der Waals surface area contributed by atoms with Crippen LogP contribution in [0.3, 0.4) is 0 Å². The largest absolute Gasteiger partial charge is 0.507 e. The maximum Gasteiger partial charge on any atom is 0.146 e. The third-order valence-corrected chi connectivity index (χ3v) is 3.50. The molecule has 0 bridgehead atoms. The summed E-state index contributed by atoms with van der Waals surface area (Å²) >= 11 is 0. The number of fused-ring (bicyclic) bond motifs is 1. The molecule has 1 aromatic heterocycles. The molecule has 0 aliphatic carbocycles.